The van der Waals surface area contributed by atoms with Crippen LogP contribution in [0.4, 0.5) is 10.6 Å². The highest BCUT2D eigenvalue weighted by molar-refractivity contribution is 6.30. The van der Waals surface area contributed by atoms with E-state index in [0.717, 1.165) is 5.56 Å². The van der Waals surface area contributed by atoms with E-state index in [1.165, 1.54) is 4.90 Å². The van der Waals surface area contributed by atoms with Crippen molar-refractivity contribution in [2.45, 2.75) is 46.8 Å². The molecule has 9 heteroatoms. The van der Waals surface area contributed by atoms with Crippen molar-refractivity contribution in [2.75, 3.05) is 18.6 Å². The summed E-state index contributed by atoms with van der Waals surface area (Å²) in [6.07, 6.45) is -0.602. The molecule has 1 heterocycles. The van der Waals surface area contributed by atoms with Crippen LogP contribution in [0.3, 0.4) is 0 Å². The molecule has 0 aliphatic rings. The fourth-order valence-corrected chi connectivity index (χ4v) is 3.99. The Kier molecular flexibility index (Phi) is 7.99. The molecule has 0 aliphatic carbocycles. The number of hydrogen-bond acceptors (Lipinski definition) is 5. The Morgan fingerprint density at radius 2 is 1.72 bits per heavy atom. The SMILES string of the molecule is CC(C)Cn1c(N(C)C(=O)OC(C)(C)C)c(-c2ccc(Cl)cc2)c2cc(OCC(N)=O)ccc2c1=O. The average Bonchev–Trinajstić information content (AvgIpc) is 2.78. The molecule has 0 fully saturated rings. The molecular formula is C27H32ClN3O5. The zero-order valence-electron chi connectivity index (χ0n) is 21.4. The fraction of sp³-hybridized carbons (Fsp3) is 0.370. The number of ether oxygens (including phenoxy) is 2. The number of pyridine rings is 1. The van der Waals surface area contributed by atoms with E-state index in [1.807, 2.05) is 26.0 Å². The largest absolute Gasteiger partial charge is 0.484 e. The smallest absolute Gasteiger partial charge is 0.415 e. The molecule has 0 aliphatic heterocycles. The van der Waals surface area contributed by atoms with Gasteiger partial charge in [0.2, 0.25) is 0 Å². The van der Waals surface area contributed by atoms with E-state index in [1.54, 1.807) is 62.7 Å². The van der Waals surface area contributed by atoms with Gasteiger partial charge in [-0.3, -0.25) is 19.1 Å². The number of carbonyl (C=O) groups excluding carboxylic acids is 2. The van der Waals surface area contributed by atoms with E-state index < -0.39 is 17.6 Å². The van der Waals surface area contributed by atoms with Crippen LogP contribution in [0.1, 0.15) is 34.6 Å². The first-order valence-electron chi connectivity index (χ1n) is 11.6. The number of hydrogen-bond donors (Lipinski definition) is 1. The maximum atomic E-state index is 13.8. The highest BCUT2D eigenvalue weighted by Crippen LogP contribution is 2.38. The van der Waals surface area contributed by atoms with Crippen LogP contribution in [0.2, 0.25) is 5.02 Å². The number of benzene rings is 2. The van der Waals surface area contributed by atoms with E-state index in [4.69, 9.17) is 26.8 Å². The topological polar surface area (TPSA) is 104 Å². The zero-order chi connectivity index (χ0) is 26.8. The van der Waals surface area contributed by atoms with Gasteiger partial charge in [-0.15, -0.1) is 0 Å². The fourth-order valence-electron chi connectivity index (χ4n) is 3.86. The summed E-state index contributed by atoms with van der Waals surface area (Å²) in [6, 6.07) is 12.1. The molecule has 0 unspecified atom stereocenters. The minimum atomic E-state index is -0.735. The molecule has 3 aromatic rings. The van der Waals surface area contributed by atoms with Gasteiger partial charge in [-0.1, -0.05) is 37.6 Å². The summed E-state index contributed by atoms with van der Waals surface area (Å²) in [7, 11) is 1.58. The number of rotatable bonds is 7. The van der Waals surface area contributed by atoms with Gasteiger partial charge in [-0.2, -0.15) is 0 Å². The lowest BCUT2D eigenvalue weighted by Crippen LogP contribution is -2.38. The highest BCUT2D eigenvalue weighted by Gasteiger charge is 2.28. The van der Waals surface area contributed by atoms with E-state index >= 15 is 0 Å². The van der Waals surface area contributed by atoms with Crippen LogP contribution in [-0.2, 0) is 16.1 Å². The second kappa shape index (κ2) is 10.6. The van der Waals surface area contributed by atoms with E-state index in [-0.39, 0.29) is 18.1 Å². The van der Waals surface area contributed by atoms with Crippen molar-refractivity contribution in [1.82, 2.24) is 4.57 Å². The molecule has 0 bridgehead atoms. The van der Waals surface area contributed by atoms with Crippen molar-refractivity contribution < 1.29 is 19.1 Å². The van der Waals surface area contributed by atoms with Crippen LogP contribution in [0, 0.1) is 5.92 Å². The molecule has 0 atom stereocenters. The van der Waals surface area contributed by atoms with E-state index in [9.17, 15) is 14.4 Å². The third kappa shape index (κ3) is 6.18. The summed E-state index contributed by atoms with van der Waals surface area (Å²) in [6.45, 7) is 9.40. The molecule has 0 spiro atoms. The average molecular weight is 514 g/mol. The Hall–Kier alpha value is -3.52. The number of aromatic nitrogens is 1. The van der Waals surface area contributed by atoms with Crippen molar-refractivity contribution in [3.63, 3.8) is 0 Å². The van der Waals surface area contributed by atoms with Gasteiger partial charge < -0.3 is 15.2 Å². The monoisotopic (exact) mass is 513 g/mol. The zero-order valence-corrected chi connectivity index (χ0v) is 22.2. The number of halogens is 1. The van der Waals surface area contributed by atoms with Crippen molar-refractivity contribution in [3.8, 4) is 16.9 Å². The van der Waals surface area contributed by atoms with Gasteiger partial charge in [0.05, 0.1) is 0 Å². The standard InChI is InChI=1S/C27H32ClN3O5/c1-16(2)14-31-24(30(6)26(34)36-27(3,4)5)23(17-7-9-18(28)10-8-17)21-13-19(35-15-22(29)32)11-12-20(21)25(31)33/h7-13,16H,14-15H2,1-6H3,(H2,29,32). The van der Waals surface area contributed by atoms with E-state index in [0.29, 0.717) is 39.5 Å². The summed E-state index contributed by atoms with van der Waals surface area (Å²) in [5, 5.41) is 1.54. The molecule has 2 N–H and O–H groups in total. The van der Waals surface area contributed by atoms with Crippen molar-refractivity contribution in [1.29, 1.82) is 0 Å². The summed E-state index contributed by atoms with van der Waals surface area (Å²) in [4.78, 5) is 39.6. The van der Waals surface area contributed by atoms with Crippen molar-refractivity contribution >= 4 is 40.2 Å². The highest BCUT2D eigenvalue weighted by atomic mass is 35.5. The summed E-state index contributed by atoms with van der Waals surface area (Å²) in [5.41, 5.74) is 5.60. The van der Waals surface area contributed by atoms with Gasteiger partial charge >= 0.3 is 6.09 Å². The van der Waals surface area contributed by atoms with Crippen LogP contribution in [0.5, 0.6) is 5.75 Å². The normalized spacial score (nSPS) is 11.6. The number of nitrogens with two attached hydrogens (primary N) is 1. The van der Waals surface area contributed by atoms with Crippen LogP contribution in [0.15, 0.2) is 47.3 Å². The second-order valence-electron chi connectivity index (χ2n) is 10.0. The van der Waals surface area contributed by atoms with Crippen molar-refractivity contribution in [2.24, 2.45) is 11.7 Å². The van der Waals surface area contributed by atoms with Crippen LogP contribution >= 0.6 is 11.6 Å². The molecule has 2 aromatic carbocycles. The predicted octanol–water partition coefficient (Wildman–Crippen LogP) is 5.21. The maximum Gasteiger partial charge on any atom is 0.415 e. The molecule has 36 heavy (non-hydrogen) atoms. The molecule has 8 nitrogen and oxygen atoms in total. The molecule has 0 saturated carbocycles. The Morgan fingerprint density at radius 1 is 1.08 bits per heavy atom. The lowest BCUT2D eigenvalue weighted by Gasteiger charge is -2.29. The van der Waals surface area contributed by atoms with Gasteiger partial charge in [-0.05, 0) is 62.6 Å². The van der Waals surface area contributed by atoms with E-state index in [2.05, 4.69) is 0 Å². The molecule has 0 saturated heterocycles. The Bertz CT molecular complexity index is 1340. The third-order valence-electron chi connectivity index (χ3n) is 5.26. The molecular weight excluding hydrogens is 482 g/mol. The third-order valence-corrected chi connectivity index (χ3v) is 5.51. The van der Waals surface area contributed by atoms with Gasteiger partial charge in [0.25, 0.3) is 11.5 Å². The Labute approximate surface area is 215 Å². The lowest BCUT2D eigenvalue weighted by atomic mass is 9.98. The Morgan fingerprint density at radius 3 is 2.28 bits per heavy atom. The number of nitrogens with zero attached hydrogens (tertiary/aromatic N) is 2. The van der Waals surface area contributed by atoms with Crippen molar-refractivity contribution in [3.05, 3.63) is 57.8 Å². The van der Waals surface area contributed by atoms with Gasteiger partial charge in [0, 0.05) is 35.0 Å². The van der Waals surface area contributed by atoms with Gasteiger partial charge in [-0.25, -0.2) is 4.79 Å². The van der Waals surface area contributed by atoms with Gasteiger partial charge in [0.1, 0.15) is 17.2 Å². The maximum absolute atomic E-state index is 13.8. The first kappa shape index (κ1) is 27.1. The second-order valence-corrected chi connectivity index (χ2v) is 10.5. The minimum Gasteiger partial charge on any atom is -0.484 e. The molecule has 192 valence electrons. The lowest BCUT2D eigenvalue weighted by molar-refractivity contribution is -0.119. The number of carbonyl (C=O) groups is 2. The summed E-state index contributed by atoms with van der Waals surface area (Å²) < 4.78 is 12.8. The molecule has 3 rings (SSSR count). The van der Waals surface area contributed by atoms with Crippen LogP contribution in [0.25, 0.3) is 21.9 Å². The molecule has 0 radical (unpaired) electrons. The number of primary amides is 1. The molecule has 1 aromatic heterocycles. The van der Waals surface area contributed by atoms with Gasteiger partial charge in [0.15, 0.2) is 6.61 Å². The number of fused-ring (bicyclic) bond motifs is 1. The molecule has 2 amide bonds. The predicted molar refractivity (Wildman–Crippen MR) is 143 cm³/mol. The van der Waals surface area contributed by atoms with Crippen LogP contribution in [-0.4, -0.2) is 35.8 Å². The quantitative estimate of drug-likeness (QED) is 0.467. The number of anilines is 1. The van der Waals surface area contributed by atoms with Crippen LogP contribution < -0.4 is 20.9 Å². The summed E-state index contributed by atoms with van der Waals surface area (Å²) in [5.74, 6) is 0.237. The Balaban J connectivity index is 2.42. The minimum absolute atomic E-state index is 0.113. The first-order valence-corrected chi connectivity index (χ1v) is 12.0. The number of amides is 2. The first-order chi connectivity index (χ1) is 16.8. The summed E-state index contributed by atoms with van der Waals surface area (Å²) >= 11 is 6.16.